The van der Waals surface area contributed by atoms with E-state index < -0.39 is 16.9 Å². The Labute approximate surface area is 183 Å². The van der Waals surface area contributed by atoms with Crippen molar-refractivity contribution >= 4 is 23.2 Å². The number of nitrogens with one attached hydrogen (secondary N) is 1. The van der Waals surface area contributed by atoms with Gasteiger partial charge in [-0.2, -0.15) is 23.4 Å². The highest BCUT2D eigenvalue weighted by Crippen LogP contribution is 2.35. The lowest BCUT2D eigenvalue weighted by atomic mass is 10.1. The Hall–Kier alpha value is -2.81. The highest BCUT2D eigenvalue weighted by atomic mass is 35.5. The zero-order valence-corrected chi connectivity index (χ0v) is 18.4. The maximum atomic E-state index is 12.9. The van der Waals surface area contributed by atoms with Crippen molar-refractivity contribution in [3.63, 3.8) is 0 Å². The molecule has 0 aliphatic heterocycles. The highest BCUT2D eigenvalue weighted by molar-refractivity contribution is 6.31. The van der Waals surface area contributed by atoms with E-state index in [9.17, 15) is 18.0 Å². The molecule has 3 aromatic rings. The summed E-state index contributed by atoms with van der Waals surface area (Å²) in [5.74, 6) is -0.346. The molecule has 1 aromatic carbocycles. The first-order chi connectivity index (χ1) is 14.5. The molecular weight excluding hydrogens is 431 g/mol. The highest BCUT2D eigenvalue weighted by Gasteiger charge is 2.38. The molecule has 6 nitrogen and oxygen atoms in total. The van der Waals surface area contributed by atoms with Crippen LogP contribution < -0.4 is 5.32 Å². The van der Waals surface area contributed by atoms with Crippen LogP contribution in [0.15, 0.2) is 24.3 Å². The monoisotopic (exact) mass is 453 g/mol. The van der Waals surface area contributed by atoms with Crippen molar-refractivity contribution in [3.8, 4) is 0 Å². The largest absolute Gasteiger partial charge is 0.436 e. The molecule has 0 aliphatic carbocycles. The van der Waals surface area contributed by atoms with Crippen LogP contribution in [-0.4, -0.2) is 25.5 Å². The van der Waals surface area contributed by atoms with E-state index in [1.165, 1.54) is 6.92 Å². The molecule has 1 N–H and O–H groups in total. The fraction of sp³-hybridized carbons (Fsp3) is 0.381. The van der Waals surface area contributed by atoms with Gasteiger partial charge in [-0.3, -0.25) is 14.2 Å². The van der Waals surface area contributed by atoms with Gasteiger partial charge in [-0.15, -0.1) is 0 Å². The van der Waals surface area contributed by atoms with Gasteiger partial charge in [0.15, 0.2) is 5.69 Å². The minimum absolute atomic E-state index is 0.0248. The third-order valence-corrected chi connectivity index (χ3v) is 5.47. The minimum atomic E-state index is -4.64. The van der Waals surface area contributed by atoms with Crippen LogP contribution in [0, 0.1) is 27.7 Å². The van der Waals surface area contributed by atoms with Crippen molar-refractivity contribution in [3.05, 3.63) is 63.2 Å². The number of amides is 1. The van der Waals surface area contributed by atoms with E-state index in [1.807, 2.05) is 36.7 Å². The van der Waals surface area contributed by atoms with Gasteiger partial charge in [0.2, 0.25) is 5.91 Å². The Bertz CT molecular complexity index is 1120. The Balaban J connectivity index is 1.68. The van der Waals surface area contributed by atoms with Crippen LogP contribution in [0.4, 0.5) is 18.9 Å². The number of hydrogen-bond donors (Lipinski definition) is 1. The summed E-state index contributed by atoms with van der Waals surface area (Å²) in [6.45, 7) is 7.65. The van der Waals surface area contributed by atoms with Gasteiger partial charge in [-0.1, -0.05) is 41.4 Å². The second kappa shape index (κ2) is 8.74. The van der Waals surface area contributed by atoms with Crippen LogP contribution in [0.3, 0.4) is 0 Å². The van der Waals surface area contributed by atoms with Gasteiger partial charge < -0.3 is 5.32 Å². The Morgan fingerprint density at radius 3 is 2.42 bits per heavy atom. The summed E-state index contributed by atoms with van der Waals surface area (Å²) < 4.78 is 41.8. The molecule has 31 heavy (non-hydrogen) atoms. The fourth-order valence-electron chi connectivity index (χ4n) is 3.35. The molecule has 0 aliphatic rings. The zero-order valence-electron chi connectivity index (χ0n) is 17.6. The maximum Gasteiger partial charge on any atom is 0.436 e. The fourth-order valence-corrected chi connectivity index (χ4v) is 3.59. The summed E-state index contributed by atoms with van der Waals surface area (Å²) in [4.78, 5) is 12.5. The lowest BCUT2D eigenvalue weighted by Crippen LogP contribution is -2.17. The Morgan fingerprint density at radius 2 is 1.81 bits per heavy atom. The minimum Gasteiger partial charge on any atom is -0.323 e. The molecular formula is C21H23ClF3N5O. The van der Waals surface area contributed by atoms with E-state index in [4.69, 9.17) is 11.6 Å². The number of carbonyl (C=O) groups excluding carboxylic acids is 1. The second-order valence-corrected chi connectivity index (χ2v) is 7.84. The van der Waals surface area contributed by atoms with Crippen LogP contribution in [-0.2, 0) is 24.1 Å². The molecule has 0 bridgehead atoms. The van der Waals surface area contributed by atoms with E-state index in [-0.39, 0.29) is 24.6 Å². The lowest BCUT2D eigenvalue weighted by Gasteiger charge is -2.09. The second-order valence-electron chi connectivity index (χ2n) is 7.46. The topological polar surface area (TPSA) is 64.7 Å². The summed E-state index contributed by atoms with van der Waals surface area (Å²) in [5.41, 5.74) is 3.33. The van der Waals surface area contributed by atoms with E-state index in [0.717, 1.165) is 21.5 Å². The first kappa shape index (κ1) is 22.9. The number of rotatable bonds is 6. The van der Waals surface area contributed by atoms with Crippen LogP contribution in [0.1, 0.15) is 40.3 Å². The number of aromatic nitrogens is 4. The number of alkyl halides is 3. The molecule has 2 heterocycles. The molecule has 0 saturated heterocycles. The summed E-state index contributed by atoms with van der Waals surface area (Å²) in [6, 6.07) is 8.07. The average Bonchev–Trinajstić information content (AvgIpc) is 3.11. The van der Waals surface area contributed by atoms with Crippen molar-refractivity contribution in [1.82, 2.24) is 19.6 Å². The summed E-state index contributed by atoms with van der Waals surface area (Å²) in [5, 5.41) is 10.4. The molecule has 10 heteroatoms. The molecule has 3 rings (SSSR count). The first-order valence-corrected chi connectivity index (χ1v) is 10.0. The number of aryl methyl sites for hydroxylation is 3. The van der Waals surface area contributed by atoms with Crippen LogP contribution in [0.5, 0.6) is 0 Å². The quantitative estimate of drug-likeness (QED) is 0.567. The summed E-state index contributed by atoms with van der Waals surface area (Å²) in [7, 11) is 0. The maximum absolute atomic E-state index is 12.9. The molecule has 0 saturated carbocycles. The van der Waals surface area contributed by atoms with Crippen LogP contribution >= 0.6 is 11.6 Å². The zero-order chi connectivity index (χ0) is 22.9. The lowest BCUT2D eigenvalue weighted by molar-refractivity contribution is -0.141. The van der Waals surface area contributed by atoms with E-state index in [1.54, 1.807) is 6.92 Å². The third kappa shape index (κ3) is 5.10. The van der Waals surface area contributed by atoms with Crippen LogP contribution in [0.2, 0.25) is 5.02 Å². The molecule has 1 amide bonds. The summed E-state index contributed by atoms with van der Waals surface area (Å²) in [6.07, 6.45) is -4.70. The van der Waals surface area contributed by atoms with E-state index in [2.05, 4.69) is 21.6 Å². The first-order valence-electron chi connectivity index (χ1n) is 9.67. The van der Waals surface area contributed by atoms with Gasteiger partial charge in [0.05, 0.1) is 40.9 Å². The van der Waals surface area contributed by atoms with E-state index in [0.29, 0.717) is 17.9 Å². The molecule has 0 spiro atoms. The Kier molecular flexibility index (Phi) is 6.45. The predicted molar refractivity (Wildman–Crippen MR) is 112 cm³/mol. The van der Waals surface area contributed by atoms with Gasteiger partial charge >= 0.3 is 6.18 Å². The number of halogens is 4. The van der Waals surface area contributed by atoms with Crippen molar-refractivity contribution < 1.29 is 18.0 Å². The number of hydrogen-bond acceptors (Lipinski definition) is 3. The van der Waals surface area contributed by atoms with Crippen molar-refractivity contribution in [1.29, 1.82) is 0 Å². The molecule has 2 aromatic heterocycles. The third-order valence-electron chi connectivity index (χ3n) is 5.01. The summed E-state index contributed by atoms with van der Waals surface area (Å²) >= 11 is 5.75. The van der Waals surface area contributed by atoms with E-state index >= 15 is 0 Å². The normalized spacial score (nSPS) is 11.7. The van der Waals surface area contributed by atoms with Crippen molar-refractivity contribution in [2.45, 2.75) is 53.4 Å². The Morgan fingerprint density at radius 1 is 1.10 bits per heavy atom. The van der Waals surface area contributed by atoms with Crippen molar-refractivity contribution in [2.75, 3.05) is 5.32 Å². The van der Waals surface area contributed by atoms with Gasteiger partial charge in [0.25, 0.3) is 0 Å². The molecule has 0 unspecified atom stereocenters. The number of nitrogens with zero attached hydrogens (tertiary/aromatic N) is 4. The molecule has 166 valence electrons. The molecule has 0 atom stereocenters. The average molecular weight is 454 g/mol. The predicted octanol–water partition coefficient (Wildman–Crippen LogP) is 5.06. The number of benzene rings is 1. The number of carbonyl (C=O) groups is 1. The standard InChI is InChI=1S/C21H23ClF3N5O/c1-12-6-5-7-16(10-12)11-30-15(4)19(13(2)27-30)26-17(31)8-9-29-14(3)18(22)20(28-29)21(23,24)25/h5-7,10H,8-9,11H2,1-4H3,(H,26,31). The molecule has 0 fully saturated rings. The van der Waals surface area contributed by atoms with Gasteiger partial charge in [0.1, 0.15) is 0 Å². The van der Waals surface area contributed by atoms with Crippen LogP contribution in [0.25, 0.3) is 0 Å². The van der Waals surface area contributed by atoms with Gasteiger partial charge in [-0.05, 0) is 33.3 Å². The van der Waals surface area contributed by atoms with Crippen molar-refractivity contribution in [2.24, 2.45) is 0 Å². The van der Waals surface area contributed by atoms with Gasteiger partial charge in [0, 0.05) is 6.42 Å². The van der Waals surface area contributed by atoms with Gasteiger partial charge in [-0.25, -0.2) is 0 Å². The SMILES string of the molecule is Cc1cccc(Cn2nc(C)c(NC(=O)CCn3nc(C(F)(F)F)c(Cl)c3C)c2C)c1. The number of anilines is 1. The smallest absolute Gasteiger partial charge is 0.323 e. The molecule has 0 radical (unpaired) electrons.